The smallest absolute Gasteiger partial charge is 0.345 e. The van der Waals surface area contributed by atoms with Crippen LogP contribution in [0.3, 0.4) is 0 Å². The van der Waals surface area contributed by atoms with E-state index >= 15 is 0 Å². The number of nitrogens with zero attached hydrogens (tertiary/aromatic N) is 6. The molecule has 2 fully saturated rings. The number of halogens is 1. The van der Waals surface area contributed by atoms with Crippen molar-refractivity contribution in [1.29, 1.82) is 5.26 Å². The van der Waals surface area contributed by atoms with E-state index in [2.05, 4.69) is 16.4 Å². The normalized spacial score (nSPS) is 19.5. The predicted molar refractivity (Wildman–Crippen MR) is 191 cm³/mol. The molecule has 13 heteroatoms. The first kappa shape index (κ1) is 34.8. The fourth-order valence-corrected chi connectivity index (χ4v) is 8.04. The van der Waals surface area contributed by atoms with Crippen molar-refractivity contribution in [2.45, 2.75) is 49.6 Å². The number of nitriles is 1. The maximum atomic E-state index is 13.9. The second kappa shape index (κ2) is 13.5. The van der Waals surface area contributed by atoms with Gasteiger partial charge in [0.2, 0.25) is 5.91 Å². The minimum Gasteiger partial charge on any atom is -0.345 e. The van der Waals surface area contributed by atoms with Gasteiger partial charge in [0.1, 0.15) is 17.7 Å². The molecule has 0 bridgehead atoms. The number of aromatic nitrogens is 3. The highest BCUT2D eigenvalue weighted by atomic mass is 19.1. The SMILES string of the molecule is CN(C)C(=O)c1ccc2c(c1)CCc1cc(C(=O)N(C)C)ccc1C2(CCNCC(=O)N1[C@H](C#N)C[C@@H]2C[C@@H]21)c1nn(-c2ccc(F)cc2)c(=O)[nH]1. The van der Waals surface area contributed by atoms with Crippen molar-refractivity contribution in [2.24, 2.45) is 5.92 Å². The molecule has 3 atom stereocenters. The molecular weight excluding hydrogens is 663 g/mol. The predicted octanol–water partition coefficient (Wildman–Crippen LogP) is 3.03. The average molecular weight is 705 g/mol. The van der Waals surface area contributed by atoms with E-state index in [0.717, 1.165) is 28.7 Å². The Morgan fingerprint density at radius 3 is 2.10 bits per heavy atom. The van der Waals surface area contributed by atoms with E-state index in [9.17, 15) is 28.8 Å². The topological polar surface area (TPSA) is 147 Å². The Kier molecular flexibility index (Phi) is 9.04. The zero-order valence-electron chi connectivity index (χ0n) is 29.6. The van der Waals surface area contributed by atoms with Gasteiger partial charge < -0.3 is 20.0 Å². The van der Waals surface area contributed by atoms with Crippen LogP contribution in [0.1, 0.15) is 68.1 Å². The third-order valence-electron chi connectivity index (χ3n) is 10.7. The van der Waals surface area contributed by atoms with Crippen LogP contribution in [0.5, 0.6) is 0 Å². The number of amides is 3. The number of fused-ring (bicyclic) bond motifs is 3. The number of rotatable bonds is 9. The number of likely N-dealkylation sites (tertiary alicyclic amines) is 1. The van der Waals surface area contributed by atoms with Crippen molar-refractivity contribution < 1.29 is 18.8 Å². The second-order valence-electron chi connectivity index (χ2n) is 14.4. The summed E-state index contributed by atoms with van der Waals surface area (Å²) in [5, 5.41) is 17.9. The van der Waals surface area contributed by atoms with E-state index in [0.29, 0.717) is 60.8 Å². The maximum Gasteiger partial charge on any atom is 0.348 e. The Morgan fingerprint density at radius 2 is 1.54 bits per heavy atom. The highest BCUT2D eigenvalue weighted by Gasteiger charge is 2.54. The molecule has 1 aliphatic heterocycles. The van der Waals surface area contributed by atoms with Gasteiger partial charge in [0.05, 0.1) is 23.7 Å². The van der Waals surface area contributed by atoms with Crippen LogP contribution in [0.4, 0.5) is 4.39 Å². The van der Waals surface area contributed by atoms with Gasteiger partial charge >= 0.3 is 5.69 Å². The summed E-state index contributed by atoms with van der Waals surface area (Å²) < 4.78 is 15.1. The number of nitrogens with one attached hydrogen (secondary N) is 2. The largest absolute Gasteiger partial charge is 0.348 e. The maximum absolute atomic E-state index is 13.9. The molecule has 2 N–H and O–H groups in total. The summed E-state index contributed by atoms with van der Waals surface area (Å²) in [4.78, 5) is 61.2. The lowest BCUT2D eigenvalue weighted by atomic mass is 9.69. The van der Waals surface area contributed by atoms with Crippen LogP contribution in [0.15, 0.2) is 65.5 Å². The van der Waals surface area contributed by atoms with Crippen LogP contribution in [0, 0.1) is 23.1 Å². The van der Waals surface area contributed by atoms with Crippen molar-refractivity contribution in [3.05, 3.63) is 116 Å². The summed E-state index contributed by atoms with van der Waals surface area (Å²) in [6.45, 7) is 0.344. The molecular formula is C39H41FN8O4. The summed E-state index contributed by atoms with van der Waals surface area (Å²) in [7, 11) is 6.78. The van der Waals surface area contributed by atoms with Gasteiger partial charge in [0, 0.05) is 45.4 Å². The standard InChI is InChI=1S/C39H41FN8O4/c1-45(2)35(50)25-7-13-31-23(17-25)5-6-24-18-26(36(51)46(3)4)8-14-32(24)39(31,37-43-38(52)48(44-37)29-11-9-28(40)10-12-29)15-16-42-22-34(49)47-30(21-41)19-27-20-33(27)47/h7-14,17-18,27,30,33,42H,5-6,15-16,19-20,22H2,1-4H3,(H,43,44,52)/t27-,30+,33+/m1/s1. The van der Waals surface area contributed by atoms with E-state index in [-0.39, 0.29) is 30.3 Å². The first-order valence-electron chi connectivity index (χ1n) is 17.5. The van der Waals surface area contributed by atoms with Crippen LogP contribution >= 0.6 is 0 Å². The summed E-state index contributed by atoms with van der Waals surface area (Å²) in [6.07, 6.45) is 3.05. The van der Waals surface area contributed by atoms with E-state index in [1.807, 2.05) is 24.3 Å². The van der Waals surface area contributed by atoms with Gasteiger partial charge in [-0.25, -0.2) is 9.18 Å². The molecule has 1 saturated carbocycles. The minimum absolute atomic E-state index is 0.0320. The fourth-order valence-electron chi connectivity index (χ4n) is 8.04. The van der Waals surface area contributed by atoms with Gasteiger partial charge in [-0.15, -0.1) is 5.10 Å². The van der Waals surface area contributed by atoms with Crippen molar-refractivity contribution >= 4 is 17.7 Å². The minimum atomic E-state index is -1.12. The van der Waals surface area contributed by atoms with Gasteiger partial charge in [-0.2, -0.15) is 9.94 Å². The van der Waals surface area contributed by atoms with Crippen LogP contribution in [0.2, 0.25) is 0 Å². The van der Waals surface area contributed by atoms with Crippen molar-refractivity contribution in [2.75, 3.05) is 41.3 Å². The van der Waals surface area contributed by atoms with E-state index in [4.69, 9.17) is 5.10 Å². The third kappa shape index (κ3) is 6.06. The Morgan fingerprint density at radius 1 is 0.942 bits per heavy atom. The molecule has 12 nitrogen and oxygen atoms in total. The Balaban J connectivity index is 1.36. The first-order valence-corrected chi connectivity index (χ1v) is 17.5. The number of aromatic amines is 1. The molecule has 1 saturated heterocycles. The summed E-state index contributed by atoms with van der Waals surface area (Å²) >= 11 is 0. The van der Waals surface area contributed by atoms with Gasteiger partial charge in [0.25, 0.3) is 11.8 Å². The van der Waals surface area contributed by atoms with Gasteiger partial charge in [-0.05, 0) is 115 Å². The zero-order chi connectivity index (χ0) is 36.9. The van der Waals surface area contributed by atoms with Crippen LogP contribution in [0.25, 0.3) is 5.69 Å². The zero-order valence-corrected chi connectivity index (χ0v) is 29.6. The van der Waals surface area contributed by atoms with E-state index < -0.39 is 23.0 Å². The number of hydrogen-bond acceptors (Lipinski definition) is 7. The Bertz CT molecular complexity index is 2090. The monoisotopic (exact) mass is 704 g/mol. The number of piperidine rings is 1. The highest BCUT2D eigenvalue weighted by molar-refractivity contribution is 5.95. The molecule has 0 spiro atoms. The van der Waals surface area contributed by atoms with Crippen molar-refractivity contribution in [1.82, 2.24) is 34.8 Å². The first-order chi connectivity index (χ1) is 24.9. The van der Waals surface area contributed by atoms with E-state index in [1.54, 1.807) is 45.2 Å². The molecule has 3 amide bonds. The van der Waals surface area contributed by atoms with Crippen molar-refractivity contribution in [3.63, 3.8) is 0 Å². The summed E-state index contributed by atoms with van der Waals surface area (Å²) in [5.41, 5.74) is 3.16. The second-order valence-corrected chi connectivity index (χ2v) is 14.4. The lowest BCUT2D eigenvalue weighted by Gasteiger charge is -2.35. The number of carbonyl (C=O) groups is 3. The third-order valence-corrected chi connectivity index (χ3v) is 10.7. The number of aryl methyl sites for hydroxylation is 2. The van der Waals surface area contributed by atoms with Crippen LogP contribution in [-0.4, -0.2) is 101 Å². The highest BCUT2D eigenvalue weighted by Crippen LogP contribution is 2.48. The molecule has 2 aliphatic carbocycles. The Hall–Kier alpha value is -5.61. The molecule has 7 rings (SSSR count). The number of benzene rings is 3. The molecule has 3 aromatic carbocycles. The Labute approximate surface area is 300 Å². The molecule has 1 aromatic heterocycles. The number of carbonyl (C=O) groups excluding carboxylic acids is 3. The van der Waals surface area contributed by atoms with Gasteiger partial charge in [-0.3, -0.25) is 19.4 Å². The van der Waals surface area contributed by atoms with E-state index in [1.165, 1.54) is 38.7 Å². The number of H-pyrrole nitrogens is 1. The van der Waals surface area contributed by atoms with Crippen LogP contribution < -0.4 is 11.0 Å². The molecule has 0 radical (unpaired) electrons. The molecule has 4 aromatic rings. The van der Waals surface area contributed by atoms with Crippen LogP contribution in [-0.2, 0) is 23.1 Å². The van der Waals surface area contributed by atoms with Crippen molar-refractivity contribution in [3.8, 4) is 11.8 Å². The van der Waals surface area contributed by atoms with Gasteiger partial charge in [-0.1, -0.05) is 12.1 Å². The lowest BCUT2D eigenvalue weighted by molar-refractivity contribution is -0.131. The fraction of sp³-hybridized carbons (Fsp3) is 0.385. The summed E-state index contributed by atoms with van der Waals surface area (Å²) in [6, 6.07) is 18.6. The average Bonchev–Trinajstić information content (AvgIpc) is 3.67. The lowest BCUT2D eigenvalue weighted by Crippen LogP contribution is -2.44. The molecule has 3 aliphatic rings. The summed E-state index contributed by atoms with van der Waals surface area (Å²) in [5.74, 6) is -0.160. The van der Waals surface area contributed by atoms with Gasteiger partial charge in [0.15, 0.2) is 0 Å². The molecule has 52 heavy (non-hydrogen) atoms. The quantitative estimate of drug-likeness (QED) is 0.255. The molecule has 2 heterocycles. The number of hydrogen-bond donors (Lipinski definition) is 2. The molecule has 0 unspecified atom stereocenters. The molecule has 268 valence electrons.